The van der Waals surface area contributed by atoms with E-state index in [1.165, 1.54) is 0 Å². The van der Waals surface area contributed by atoms with Gasteiger partial charge in [-0.15, -0.1) is 5.10 Å². The number of nitrogens with zero attached hydrogens (tertiary/aromatic N) is 3. The zero-order valence-corrected chi connectivity index (χ0v) is 18.1. The molecule has 1 saturated heterocycles. The summed E-state index contributed by atoms with van der Waals surface area (Å²) in [6, 6.07) is 7.63. The average molecular weight is 429 g/mol. The monoisotopic (exact) mass is 428 g/mol. The molecular weight excluding hydrogens is 396 g/mol. The molecule has 0 unspecified atom stereocenters. The van der Waals surface area contributed by atoms with E-state index in [9.17, 15) is 9.90 Å². The quantitative estimate of drug-likeness (QED) is 0.671. The van der Waals surface area contributed by atoms with Crippen molar-refractivity contribution in [3.05, 3.63) is 30.5 Å². The Labute approximate surface area is 182 Å². The maximum Gasteiger partial charge on any atom is 0.223 e. The molecule has 1 saturated carbocycles. The molecule has 8 heteroatoms. The Morgan fingerprint density at radius 2 is 2.06 bits per heavy atom. The van der Waals surface area contributed by atoms with Crippen LogP contribution in [0.4, 0.5) is 0 Å². The third kappa shape index (κ3) is 5.25. The molecule has 2 fully saturated rings. The van der Waals surface area contributed by atoms with Crippen LogP contribution in [0.1, 0.15) is 44.9 Å². The zero-order chi connectivity index (χ0) is 21.6. The summed E-state index contributed by atoms with van der Waals surface area (Å²) in [4.78, 5) is 12.5. The predicted molar refractivity (Wildman–Crippen MR) is 115 cm³/mol. The summed E-state index contributed by atoms with van der Waals surface area (Å²) >= 11 is 0. The topological polar surface area (TPSA) is 98.5 Å². The van der Waals surface area contributed by atoms with Crippen molar-refractivity contribution in [1.29, 1.82) is 0 Å². The second-order valence-corrected chi connectivity index (χ2v) is 8.51. The Balaban J connectivity index is 1.29. The number of methoxy groups -OCH3 is 1. The molecule has 8 nitrogen and oxygen atoms in total. The summed E-state index contributed by atoms with van der Waals surface area (Å²) in [5, 5.41) is 21.4. The Hall–Kier alpha value is -2.45. The first-order valence-electron chi connectivity index (χ1n) is 11.3. The van der Waals surface area contributed by atoms with Gasteiger partial charge in [0.1, 0.15) is 17.5 Å². The van der Waals surface area contributed by atoms with Crippen LogP contribution in [-0.2, 0) is 16.1 Å². The van der Waals surface area contributed by atoms with Gasteiger partial charge in [-0.1, -0.05) is 30.2 Å². The van der Waals surface area contributed by atoms with Gasteiger partial charge in [-0.05, 0) is 44.2 Å². The maximum absolute atomic E-state index is 12.5. The van der Waals surface area contributed by atoms with Crippen molar-refractivity contribution in [2.24, 2.45) is 5.92 Å². The Morgan fingerprint density at radius 1 is 1.26 bits per heavy atom. The summed E-state index contributed by atoms with van der Waals surface area (Å²) < 4.78 is 13.3. The minimum Gasteiger partial charge on any atom is -0.496 e. The van der Waals surface area contributed by atoms with Crippen molar-refractivity contribution in [2.75, 3.05) is 13.7 Å². The van der Waals surface area contributed by atoms with E-state index in [0.717, 1.165) is 62.0 Å². The number of aliphatic hydroxyl groups is 1. The molecule has 3 atom stereocenters. The largest absolute Gasteiger partial charge is 0.496 e. The molecule has 1 aromatic carbocycles. The van der Waals surface area contributed by atoms with E-state index < -0.39 is 0 Å². The minimum absolute atomic E-state index is 0.0238. The number of para-hydroxylation sites is 1. The second-order valence-electron chi connectivity index (χ2n) is 8.51. The van der Waals surface area contributed by atoms with Crippen LogP contribution in [-0.4, -0.2) is 58.0 Å². The molecule has 31 heavy (non-hydrogen) atoms. The number of hydrogen-bond donors (Lipinski definition) is 2. The third-order valence-electron chi connectivity index (χ3n) is 6.45. The van der Waals surface area contributed by atoms with E-state index in [1.807, 2.05) is 35.1 Å². The molecule has 2 aromatic rings. The van der Waals surface area contributed by atoms with Crippen LogP contribution < -0.4 is 10.1 Å². The highest BCUT2D eigenvalue weighted by Gasteiger charge is 2.33. The molecule has 0 bridgehead atoms. The van der Waals surface area contributed by atoms with E-state index in [0.29, 0.717) is 6.54 Å². The van der Waals surface area contributed by atoms with E-state index in [2.05, 4.69) is 15.6 Å². The molecule has 2 aliphatic rings. The third-order valence-corrected chi connectivity index (χ3v) is 6.45. The van der Waals surface area contributed by atoms with Crippen molar-refractivity contribution in [2.45, 2.75) is 69.7 Å². The average Bonchev–Trinajstić information content (AvgIpc) is 3.51. The van der Waals surface area contributed by atoms with Crippen molar-refractivity contribution < 1.29 is 19.4 Å². The molecule has 4 rings (SSSR count). The van der Waals surface area contributed by atoms with Crippen LogP contribution in [0.25, 0.3) is 11.3 Å². The number of aryl methyl sites for hydroxylation is 1. The van der Waals surface area contributed by atoms with Crippen LogP contribution in [0.5, 0.6) is 5.75 Å². The number of ether oxygens (including phenoxy) is 2. The molecule has 1 amide bonds. The van der Waals surface area contributed by atoms with Gasteiger partial charge in [0.25, 0.3) is 0 Å². The van der Waals surface area contributed by atoms with Crippen LogP contribution >= 0.6 is 0 Å². The van der Waals surface area contributed by atoms with Crippen molar-refractivity contribution in [1.82, 2.24) is 20.3 Å². The number of aliphatic hydroxyl groups excluding tert-OH is 1. The summed E-state index contributed by atoms with van der Waals surface area (Å²) in [6.07, 6.45) is 8.22. The van der Waals surface area contributed by atoms with Gasteiger partial charge in [0, 0.05) is 18.0 Å². The number of rotatable bonds is 8. The first kappa shape index (κ1) is 21.8. The lowest BCUT2D eigenvalue weighted by molar-refractivity contribution is -0.132. The van der Waals surface area contributed by atoms with E-state index in [4.69, 9.17) is 9.47 Å². The summed E-state index contributed by atoms with van der Waals surface area (Å²) in [6.45, 7) is 0.581. The Bertz CT molecular complexity index is 865. The highest BCUT2D eigenvalue weighted by molar-refractivity contribution is 5.79. The first-order valence-corrected chi connectivity index (χ1v) is 11.3. The lowest BCUT2D eigenvalue weighted by atomic mass is 9.96. The molecule has 1 aliphatic carbocycles. The lowest BCUT2D eigenvalue weighted by Gasteiger charge is -2.36. The fraction of sp³-hybridized carbons (Fsp3) is 0.609. The van der Waals surface area contributed by atoms with Gasteiger partial charge in [-0.2, -0.15) is 0 Å². The Kier molecular flexibility index (Phi) is 7.19. The number of carbonyl (C=O) groups is 1. The highest BCUT2D eigenvalue weighted by Crippen LogP contribution is 2.29. The number of carbonyl (C=O) groups excluding carboxylic acids is 1. The maximum atomic E-state index is 12.5. The fourth-order valence-electron chi connectivity index (χ4n) is 4.66. The lowest BCUT2D eigenvalue weighted by Crippen LogP contribution is -2.52. The van der Waals surface area contributed by atoms with Gasteiger partial charge in [-0.25, -0.2) is 0 Å². The van der Waals surface area contributed by atoms with Crippen molar-refractivity contribution in [3.8, 4) is 17.0 Å². The number of nitrogens with one attached hydrogen (secondary N) is 1. The normalized spacial score (nSPS) is 24.3. The van der Waals surface area contributed by atoms with E-state index >= 15 is 0 Å². The van der Waals surface area contributed by atoms with Crippen LogP contribution in [0, 0.1) is 5.92 Å². The molecule has 0 radical (unpaired) electrons. The fourth-order valence-corrected chi connectivity index (χ4v) is 4.66. The van der Waals surface area contributed by atoms with Crippen LogP contribution in [0.2, 0.25) is 0 Å². The Morgan fingerprint density at radius 3 is 2.84 bits per heavy atom. The summed E-state index contributed by atoms with van der Waals surface area (Å²) in [7, 11) is 1.64. The van der Waals surface area contributed by atoms with E-state index in [-0.39, 0.29) is 36.7 Å². The molecule has 1 aliphatic heterocycles. The summed E-state index contributed by atoms with van der Waals surface area (Å²) in [5.74, 6) is 1.01. The van der Waals surface area contributed by atoms with Gasteiger partial charge < -0.3 is 19.9 Å². The van der Waals surface area contributed by atoms with E-state index in [1.54, 1.807) is 7.11 Å². The standard InChI is InChI=1S/C23H32N4O4/c1-30-21-9-5-4-8-18(21)20-14-27(26-25-20)13-12-17-10-11-19(22(15-28)31-17)24-23(29)16-6-2-3-7-16/h4-5,8-9,14,16-17,19,22,28H,2-3,6-7,10-13,15H2,1H3,(H,24,29)/t17-,19-,22-/m0/s1. The molecule has 2 N–H and O–H groups in total. The second kappa shape index (κ2) is 10.2. The van der Waals surface area contributed by atoms with Crippen LogP contribution in [0.3, 0.4) is 0 Å². The predicted octanol–water partition coefficient (Wildman–Crippen LogP) is 2.56. The minimum atomic E-state index is -0.357. The van der Waals surface area contributed by atoms with Gasteiger partial charge in [0.05, 0.1) is 32.1 Å². The number of aromatic nitrogens is 3. The van der Waals surface area contributed by atoms with Gasteiger partial charge in [-0.3, -0.25) is 9.48 Å². The molecule has 1 aromatic heterocycles. The molecule has 2 heterocycles. The SMILES string of the molecule is COc1ccccc1-c1cn(CC[C@@H]2CC[C@H](NC(=O)C3CCCC3)[C@H](CO)O2)nn1. The summed E-state index contributed by atoms with van der Waals surface area (Å²) in [5.41, 5.74) is 1.68. The van der Waals surface area contributed by atoms with Gasteiger partial charge in [0.2, 0.25) is 5.91 Å². The highest BCUT2D eigenvalue weighted by atomic mass is 16.5. The molecular formula is C23H32N4O4. The first-order chi connectivity index (χ1) is 15.2. The van der Waals surface area contributed by atoms with Gasteiger partial charge in [0.15, 0.2) is 0 Å². The van der Waals surface area contributed by atoms with Crippen LogP contribution in [0.15, 0.2) is 30.5 Å². The number of benzene rings is 1. The number of amides is 1. The smallest absolute Gasteiger partial charge is 0.223 e. The van der Waals surface area contributed by atoms with Gasteiger partial charge >= 0.3 is 0 Å². The van der Waals surface area contributed by atoms with Crippen molar-refractivity contribution >= 4 is 5.91 Å². The molecule has 0 spiro atoms. The number of hydrogen-bond acceptors (Lipinski definition) is 6. The zero-order valence-electron chi connectivity index (χ0n) is 18.1. The van der Waals surface area contributed by atoms with Crippen molar-refractivity contribution in [3.63, 3.8) is 0 Å². The molecule has 168 valence electrons.